The lowest BCUT2D eigenvalue weighted by Gasteiger charge is -2.16. The van der Waals surface area contributed by atoms with E-state index in [0.717, 1.165) is 21.3 Å². The van der Waals surface area contributed by atoms with Crippen molar-refractivity contribution in [2.24, 2.45) is 0 Å². The van der Waals surface area contributed by atoms with Gasteiger partial charge in [0.15, 0.2) is 5.16 Å². The SMILES string of the molecule is Cc1cccc(-n2c(SCC(=O)Nc3ccc(Br)cn3)nc3ccccc3c2=O)c1C. The second-order valence-corrected chi connectivity index (χ2v) is 8.83. The number of nitrogens with zero attached hydrogens (tertiary/aromatic N) is 3. The number of benzene rings is 2. The lowest BCUT2D eigenvalue weighted by molar-refractivity contribution is -0.113. The molecule has 31 heavy (non-hydrogen) atoms. The molecule has 2 heterocycles. The number of halogens is 1. The molecule has 0 fully saturated rings. The fraction of sp³-hybridized carbons (Fsp3) is 0.130. The van der Waals surface area contributed by atoms with E-state index in [1.54, 1.807) is 35.0 Å². The Bertz CT molecular complexity index is 1340. The molecule has 0 saturated heterocycles. The number of aromatic nitrogens is 3. The van der Waals surface area contributed by atoms with Crippen molar-refractivity contribution in [2.45, 2.75) is 19.0 Å². The van der Waals surface area contributed by atoms with Gasteiger partial charge < -0.3 is 5.32 Å². The van der Waals surface area contributed by atoms with Crippen LogP contribution in [0.4, 0.5) is 5.82 Å². The van der Waals surface area contributed by atoms with Gasteiger partial charge in [-0.2, -0.15) is 0 Å². The number of anilines is 1. The number of carbonyl (C=O) groups excluding carboxylic acids is 1. The fourth-order valence-electron chi connectivity index (χ4n) is 3.16. The topological polar surface area (TPSA) is 76.9 Å². The summed E-state index contributed by atoms with van der Waals surface area (Å²) in [5, 5.41) is 3.77. The number of para-hydroxylation sites is 1. The highest BCUT2D eigenvalue weighted by Crippen LogP contribution is 2.24. The van der Waals surface area contributed by atoms with Crippen LogP contribution in [0.25, 0.3) is 16.6 Å². The maximum absolute atomic E-state index is 13.4. The highest BCUT2D eigenvalue weighted by molar-refractivity contribution is 9.10. The number of thioether (sulfide) groups is 1. The summed E-state index contributed by atoms with van der Waals surface area (Å²) in [6, 6.07) is 16.6. The van der Waals surface area contributed by atoms with Crippen LogP contribution in [0, 0.1) is 13.8 Å². The summed E-state index contributed by atoms with van der Waals surface area (Å²) < 4.78 is 2.43. The second-order valence-electron chi connectivity index (χ2n) is 6.97. The number of carbonyl (C=O) groups is 1. The molecule has 0 spiro atoms. The summed E-state index contributed by atoms with van der Waals surface area (Å²) in [5.74, 6) is 0.329. The third kappa shape index (κ3) is 4.55. The molecule has 2 aromatic carbocycles. The minimum atomic E-state index is -0.227. The van der Waals surface area contributed by atoms with Gasteiger partial charge >= 0.3 is 0 Å². The number of nitrogens with one attached hydrogen (secondary N) is 1. The number of hydrogen-bond donors (Lipinski definition) is 1. The highest BCUT2D eigenvalue weighted by Gasteiger charge is 2.16. The first-order chi connectivity index (χ1) is 14.9. The Labute approximate surface area is 191 Å². The van der Waals surface area contributed by atoms with Crippen molar-refractivity contribution in [3.63, 3.8) is 0 Å². The highest BCUT2D eigenvalue weighted by atomic mass is 79.9. The summed E-state index contributed by atoms with van der Waals surface area (Å²) in [6.07, 6.45) is 1.62. The van der Waals surface area contributed by atoms with Gasteiger partial charge in [-0.25, -0.2) is 9.97 Å². The predicted molar refractivity (Wildman–Crippen MR) is 128 cm³/mol. The summed E-state index contributed by atoms with van der Waals surface area (Å²) in [6.45, 7) is 3.98. The first kappa shape index (κ1) is 21.3. The van der Waals surface area contributed by atoms with Crippen molar-refractivity contribution in [3.8, 4) is 5.69 Å². The van der Waals surface area contributed by atoms with E-state index in [0.29, 0.717) is 21.9 Å². The van der Waals surface area contributed by atoms with Crippen LogP contribution in [0.1, 0.15) is 11.1 Å². The predicted octanol–water partition coefficient (Wildman–Crippen LogP) is 4.89. The number of rotatable bonds is 5. The van der Waals surface area contributed by atoms with Crippen LogP contribution in [0.3, 0.4) is 0 Å². The van der Waals surface area contributed by atoms with Crippen molar-refractivity contribution in [3.05, 3.63) is 86.7 Å². The van der Waals surface area contributed by atoms with E-state index >= 15 is 0 Å². The van der Waals surface area contributed by atoms with E-state index in [2.05, 4.69) is 26.2 Å². The molecule has 4 rings (SSSR count). The van der Waals surface area contributed by atoms with E-state index < -0.39 is 0 Å². The molecule has 4 aromatic rings. The number of fused-ring (bicyclic) bond motifs is 1. The van der Waals surface area contributed by atoms with E-state index in [-0.39, 0.29) is 17.2 Å². The zero-order valence-corrected chi connectivity index (χ0v) is 19.3. The van der Waals surface area contributed by atoms with Crippen LogP contribution in [0.2, 0.25) is 0 Å². The van der Waals surface area contributed by atoms with E-state index in [4.69, 9.17) is 4.98 Å². The Morgan fingerprint density at radius 3 is 2.68 bits per heavy atom. The Hall–Kier alpha value is -2.97. The quantitative estimate of drug-likeness (QED) is 0.315. The first-order valence-electron chi connectivity index (χ1n) is 9.56. The second kappa shape index (κ2) is 9.03. The zero-order chi connectivity index (χ0) is 22.0. The van der Waals surface area contributed by atoms with Gasteiger partial charge in [-0.3, -0.25) is 14.2 Å². The average molecular weight is 495 g/mol. The summed E-state index contributed by atoms with van der Waals surface area (Å²) in [7, 11) is 0. The molecule has 0 bridgehead atoms. The summed E-state index contributed by atoms with van der Waals surface area (Å²) in [4.78, 5) is 34.7. The monoisotopic (exact) mass is 494 g/mol. The smallest absolute Gasteiger partial charge is 0.266 e. The minimum absolute atomic E-state index is 0.0907. The molecule has 0 aliphatic carbocycles. The number of pyridine rings is 1. The maximum atomic E-state index is 13.4. The summed E-state index contributed by atoms with van der Waals surface area (Å²) >= 11 is 4.54. The van der Waals surface area contributed by atoms with Crippen molar-refractivity contribution >= 4 is 50.3 Å². The largest absolute Gasteiger partial charge is 0.310 e. The van der Waals surface area contributed by atoms with Gasteiger partial charge in [0.2, 0.25) is 5.91 Å². The normalized spacial score (nSPS) is 10.9. The average Bonchev–Trinajstić information content (AvgIpc) is 2.76. The molecule has 8 heteroatoms. The molecule has 0 unspecified atom stereocenters. The molecule has 0 atom stereocenters. The standard InChI is InChI=1S/C23H19BrN4O2S/c1-14-6-5-9-19(15(14)2)28-22(30)17-7-3-4-8-18(17)26-23(28)31-13-21(29)27-20-11-10-16(24)12-25-20/h3-12H,13H2,1-2H3,(H,25,27,29). The zero-order valence-electron chi connectivity index (χ0n) is 16.9. The van der Waals surface area contributed by atoms with Crippen LogP contribution in [-0.4, -0.2) is 26.2 Å². The third-order valence-corrected chi connectivity index (χ3v) is 6.30. The first-order valence-corrected chi connectivity index (χ1v) is 11.3. The van der Waals surface area contributed by atoms with Crippen LogP contribution < -0.4 is 10.9 Å². The van der Waals surface area contributed by atoms with Gasteiger partial charge in [0.05, 0.1) is 22.3 Å². The van der Waals surface area contributed by atoms with Gasteiger partial charge in [0.25, 0.3) is 5.56 Å². The van der Waals surface area contributed by atoms with Crippen LogP contribution in [-0.2, 0) is 4.79 Å². The van der Waals surface area contributed by atoms with Gasteiger partial charge in [-0.1, -0.05) is 36.0 Å². The molecule has 156 valence electrons. The molecule has 6 nitrogen and oxygen atoms in total. The van der Waals surface area contributed by atoms with Gasteiger partial charge in [-0.05, 0) is 71.2 Å². The van der Waals surface area contributed by atoms with Crippen molar-refractivity contribution < 1.29 is 4.79 Å². The number of amides is 1. The molecule has 0 radical (unpaired) electrons. The summed E-state index contributed by atoms with van der Waals surface area (Å²) in [5.41, 5.74) is 3.28. The Morgan fingerprint density at radius 1 is 1.10 bits per heavy atom. The molecule has 1 amide bonds. The van der Waals surface area contributed by atoms with Crippen LogP contribution in [0.15, 0.2) is 75.2 Å². The van der Waals surface area contributed by atoms with Crippen LogP contribution in [0.5, 0.6) is 0 Å². The Kier molecular flexibility index (Phi) is 6.20. The molecule has 0 aliphatic rings. The lowest BCUT2D eigenvalue weighted by Crippen LogP contribution is -2.23. The van der Waals surface area contributed by atoms with E-state index in [9.17, 15) is 9.59 Å². The minimum Gasteiger partial charge on any atom is -0.310 e. The van der Waals surface area contributed by atoms with Crippen molar-refractivity contribution in [1.29, 1.82) is 0 Å². The van der Waals surface area contributed by atoms with Crippen molar-refractivity contribution in [1.82, 2.24) is 14.5 Å². The Balaban J connectivity index is 1.71. The molecular formula is C23H19BrN4O2S. The fourth-order valence-corrected chi connectivity index (χ4v) is 4.20. The lowest BCUT2D eigenvalue weighted by atomic mass is 10.1. The molecule has 1 N–H and O–H groups in total. The molecule has 2 aromatic heterocycles. The molecular weight excluding hydrogens is 476 g/mol. The van der Waals surface area contributed by atoms with Gasteiger partial charge in [0, 0.05) is 10.7 Å². The van der Waals surface area contributed by atoms with Gasteiger partial charge in [-0.15, -0.1) is 0 Å². The van der Waals surface area contributed by atoms with Crippen LogP contribution >= 0.6 is 27.7 Å². The number of aryl methyl sites for hydroxylation is 1. The molecule has 0 saturated carbocycles. The van der Waals surface area contributed by atoms with E-state index in [1.807, 2.05) is 44.2 Å². The number of hydrogen-bond acceptors (Lipinski definition) is 5. The van der Waals surface area contributed by atoms with E-state index in [1.165, 1.54) is 11.8 Å². The maximum Gasteiger partial charge on any atom is 0.266 e. The Morgan fingerprint density at radius 2 is 1.90 bits per heavy atom. The van der Waals surface area contributed by atoms with Crippen molar-refractivity contribution in [2.75, 3.05) is 11.1 Å². The third-order valence-electron chi connectivity index (χ3n) is 4.89. The van der Waals surface area contributed by atoms with Gasteiger partial charge in [0.1, 0.15) is 5.82 Å². The molecule has 0 aliphatic heterocycles.